The number of Topliss-reactive ketones (excluding diaryl/α,β-unsaturated/α-hetero) is 1. The quantitative estimate of drug-likeness (QED) is 0.417. The average molecular weight is 397 g/mol. The van der Waals surface area contributed by atoms with E-state index in [1.54, 1.807) is 6.33 Å². The molecule has 1 aromatic carbocycles. The predicted octanol–water partition coefficient (Wildman–Crippen LogP) is 4.39. The van der Waals surface area contributed by atoms with E-state index in [0.717, 1.165) is 33.5 Å². The van der Waals surface area contributed by atoms with E-state index >= 15 is 0 Å². The summed E-state index contributed by atoms with van der Waals surface area (Å²) in [4.78, 5) is 12.9. The van der Waals surface area contributed by atoms with E-state index < -0.39 is 0 Å². The van der Waals surface area contributed by atoms with Crippen molar-refractivity contribution in [3.63, 3.8) is 0 Å². The minimum absolute atomic E-state index is 0.112. The zero-order valence-electron chi connectivity index (χ0n) is 16.4. The molecule has 0 bridgehead atoms. The van der Waals surface area contributed by atoms with Gasteiger partial charge >= 0.3 is 0 Å². The van der Waals surface area contributed by atoms with Gasteiger partial charge in [0.1, 0.15) is 12.1 Å². The molecule has 0 N–H and O–H groups in total. The molecular weight excluding hydrogens is 372 g/mol. The fraction of sp³-hybridized carbons (Fsp3) is 0.381. The summed E-state index contributed by atoms with van der Waals surface area (Å²) in [5.41, 5.74) is 3.78. The minimum Gasteiger partial charge on any atom is -0.494 e. The van der Waals surface area contributed by atoms with Gasteiger partial charge in [-0.1, -0.05) is 11.8 Å². The van der Waals surface area contributed by atoms with Crippen LogP contribution in [0.2, 0.25) is 0 Å². The van der Waals surface area contributed by atoms with Crippen LogP contribution >= 0.6 is 11.8 Å². The molecule has 1 saturated carbocycles. The number of ketones is 1. The van der Waals surface area contributed by atoms with Gasteiger partial charge in [-0.15, -0.1) is 10.2 Å². The number of aromatic nitrogens is 4. The first-order chi connectivity index (χ1) is 13.6. The lowest BCUT2D eigenvalue weighted by atomic mass is 10.2. The van der Waals surface area contributed by atoms with Gasteiger partial charge in [0.15, 0.2) is 10.9 Å². The number of benzene rings is 1. The van der Waals surface area contributed by atoms with Crippen LogP contribution in [0, 0.1) is 13.8 Å². The first-order valence-electron chi connectivity index (χ1n) is 9.56. The maximum absolute atomic E-state index is 12.9. The van der Waals surface area contributed by atoms with Crippen molar-refractivity contribution >= 4 is 17.5 Å². The Morgan fingerprint density at radius 1 is 1.25 bits per heavy atom. The monoisotopic (exact) mass is 396 g/mol. The van der Waals surface area contributed by atoms with Crippen molar-refractivity contribution in [3.8, 4) is 11.4 Å². The molecule has 6 nitrogen and oxygen atoms in total. The highest BCUT2D eigenvalue weighted by Gasteiger charge is 2.26. The number of carbonyl (C=O) groups is 1. The molecule has 0 saturated heterocycles. The predicted molar refractivity (Wildman–Crippen MR) is 110 cm³/mol. The third-order valence-electron chi connectivity index (χ3n) is 4.95. The number of hydrogen-bond donors (Lipinski definition) is 0. The largest absolute Gasteiger partial charge is 0.494 e. The molecule has 1 aliphatic carbocycles. The third kappa shape index (κ3) is 3.71. The second kappa shape index (κ2) is 7.83. The zero-order chi connectivity index (χ0) is 19.7. The highest BCUT2D eigenvalue weighted by atomic mass is 32.2. The summed E-state index contributed by atoms with van der Waals surface area (Å²) >= 11 is 1.47. The standard InChI is InChI=1S/C21H24N4O2S/c1-4-27-18-9-7-17(8-10-18)25-14(2)11-19(15(25)3)20(26)12-28-21-23-22-13-24(21)16-5-6-16/h7-11,13,16H,4-6,12H2,1-3H3. The second-order valence-corrected chi connectivity index (χ2v) is 7.95. The Morgan fingerprint density at radius 2 is 2.00 bits per heavy atom. The summed E-state index contributed by atoms with van der Waals surface area (Å²) in [6.07, 6.45) is 4.10. The highest BCUT2D eigenvalue weighted by molar-refractivity contribution is 7.99. The van der Waals surface area contributed by atoms with Crippen molar-refractivity contribution < 1.29 is 9.53 Å². The molecule has 0 spiro atoms. The number of rotatable bonds is 8. The molecule has 0 atom stereocenters. The lowest BCUT2D eigenvalue weighted by Crippen LogP contribution is -2.06. The molecule has 2 heterocycles. The summed E-state index contributed by atoms with van der Waals surface area (Å²) in [6.45, 7) is 6.63. The fourth-order valence-electron chi connectivity index (χ4n) is 3.45. The van der Waals surface area contributed by atoms with Crippen LogP contribution in [0.5, 0.6) is 5.75 Å². The van der Waals surface area contributed by atoms with Gasteiger partial charge in [0, 0.05) is 28.7 Å². The lowest BCUT2D eigenvalue weighted by molar-refractivity contribution is 0.102. The van der Waals surface area contributed by atoms with Crippen LogP contribution in [0.4, 0.5) is 0 Å². The summed E-state index contributed by atoms with van der Waals surface area (Å²) in [5.74, 6) is 1.32. The maximum Gasteiger partial charge on any atom is 0.191 e. The molecule has 28 heavy (non-hydrogen) atoms. The van der Waals surface area contributed by atoms with E-state index in [1.165, 1.54) is 24.6 Å². The van der Waals surface area contributed by atoms with E-state index in [0.29, 0.717) is 18.4 Å². The number of ether oxygens (including phenoxy) is 1. The Hall–Kier alpha value is -2.54. The Balaban J connectivity index is 1.51. The summed E-state index contributed by atoms with van der Waals surface area (Å²) in [6, 6.07) is 10.4. The van der Waals surface area contributed by atoms with Crippen molar-refractivity contribution in [2.75, 3.05) is 12.4 Å². The van der Waals surface area contributed by atoms with Crippen LogP contribution in [-0.4, -0.2) is 37.5 Å². The van der Waals surface area contributed by atoms with E-state index in [-0.39, 0.29) is 5.78 Å². The van der Waals surface area contributed by atoms with Crippen LogP contribution in [0.25, 0.3) is 5.69 Å². The third-order valence-corrected chi connectivity index (χ3v) is 5.91. The van der Waals surface area contributed by atoms with Crippen LogP contribution in [0.3, 0.4) is 0 Å². The van der Waals surface area contributed by atoms with Gasteiger partial charge in [-0.05, 0) is 63.9 Å². The minimum atomic E-state index is 0.112. The number of thioether (sulfide) groups is 1. The van der Waals surface area contributed by atoms with E-state index in [2.05, 4.69) is 19.3 Å². The smallest absolute Gasteiger partial charge is 0.191 e. The van der Waals surface area contributed by atoms with Crippen LogP contribution in [0.1, 0.15) is 47.6 Å². The van der Waals surface area contributed by atoms with Crippen LogP contribution < -0.4 is 4.74 Å². The number of carbonyl (C=O) groups excluding carboxylic acids is 1. The van der Waals surface area contributed by atoms with Crippen molar-refractivity contribution in [1.29, 1.82) is 0 Å². The van der Waals surface area contributed by atoms with Crippen molar-refractivity contribution in [2.24, 2.45) is 0 Å². The van der Waals surface area contributed by atoms with Gasteiger partial charge < -0.3 is 13.9 Å². The Bertz CT molecular complexity index is 987. The average Bonchev–Trinajstić information content (AvgIpc) is 3.35. The number of nitrogens with zero attached hydrogens (tertiary/aromatic N) is 4. The molecule has 0 unspecified atom stereocenters. The fourth-order valence-corrected chi connectivity index (χ4v) is 4.31. The Labute approximate surface area is 168 Å². The Morgan fingerprint density at radius 3 is 2.68 bits per heavy atom. The molecule has 2 aromatic heterocycles. The van der Waals surface area contributed by atoms with Crippen LogP contribution in [0.15, 0.2) is 41.8 Å². The SMILES string of the molecule is CCOc1ccc(-n2c(C)cc(C(=O)CSc3nncn3C3CC3)c2C)cc1. The first kappa shape index (κ1) is 18.8. The number of aryl methyl sites for hydroxylation is 1. The molecule has 146 valence electrons. The molecule has 1 fully saturated rings. The molecule has 0 radical (unpaired) electrons. The van der Waals surface area contributed by atoms with Gasteiger partial charge in [0.2, 0.25) is 0 Å². The lowest BCUT2D eigenvalue weighted by Gasteiger charge is -2.11. The van der Waals surface area contributed by atoms with E-state index in [9.17, 15) is 4.79 Å². The van der Waals surface area contributed by atoms with Crippen molar-refractivity contribution in [2.45, 2.75) is 44.8 Å². The van der Waals surface area contributed by atoms with Crippen LogP contribution in [-0.2, 0) is 0 Å². The topological polar surface area (TPSA) is 61.9 Å². The van der Waals surface area contributed by atoms with Gasteiger partial charge in [-0.25, -0.2) is 0 Å². The molecule has 1 aliphatic rings. The summed E-state index contributed by atoms with van der Waals surface area (Å²) in [7, 11) is 0. The van der Waals surface area contributed by atoms with Crippen molar-refractivity contribution in [3.05, 3.63) is 53.6 Å². The summed E-state index contributed by atoms with van der Waals surface area (Å²) in [5, 5.41) is 8.99. The molecule has 0 amide bonds. The van der Waals surface area contributed by atoms with E-state index in [4.69, 9.17) is 4.74 Å². The zero-order valence-corrected chi connectivity index (χ0v) is 17.2. The van der Waals surface area contributed by atoms with E-state index in [1.807, 2.05) is 51.1 Å². The van der Waals surface area contributed by atoms with Gasteiger partial charge in [-0.3, -0.25) is 4.79 Å². The normalized spacial score (nSPS) is 13.7. The first-order valence-corrected chi connectivity index (χ1v) is 10.5. The molecule has 7 heteroatoms. The van der Waals surface area contributed by atoms with Crippen molar-refractivity contribution in [1.82, 2.24) is 19.3 Å². The van der Waals surface area contributed by atoms with Gasteiger partial charge in [0.25, 0.3) is 0 Å². The molecular formula is C21H24N4O2S. The summed E-state index contributed by atoms with van der Waals surface area (Å²) < 4.78 is 9.72. The van der Waals surface area contributed by atoms with Gasteiger partial charge in [0.05, 0.1) is 12.4 Å². The molecule has 0 aliphatic heterocycles. The Kier molecular flexibility index (Phi) is 5.26. The number of hydrogen-bond acceptors (Lipinski definition) is 5. The second-order valence-electron chi connectivity index (χ2n) is 7.01. The molecule has 4 rings (SSSR count). The highest BCUT2D eigenvalue weighted by Crippen LogP contribution is 2.37. The van der Waals surface area contributed by atoms with Gasteiger partial charge in [-0.2, -0.15) is 0 Å². The maximum atomic E-state index is 12.9. The molecule has 3 aromatic rings.